The second-order valence-electron chi connectivity index (χ2n) is 6.03. The van der Waals surface area contributed by atoms with E-state index in [2.05, 4.69) is 18.7 Å². The standard InChI is InChI=1S/C16H24FNO/c1-10-5-6-18(9-12(10)3)16-7-11(2)15(17)8-14(16)13(4)19/h7-8,10,12-13,19H,5-6,9H2,1-4H3/t10?,12?,13-/m0/s1. The van der Waals surface area contributed by atoms with Crippen molar-refractivity contribution in [2.24, 2.45) is 11.8 Å². The van der Waals surface area contributed by atoms with E-state index in [0.717, 1.165) is 31.1 Å². The van der Waals surface area contributed by atoms with E-state index in [0.29, 0.717) is 17.0 Å². The van der Waals surface area contributed by atoms with Gasteiger partial charge in [-0.3, -0.25) is 0 Å². The molecule has 1 aliphatic rings. The van der Waals surface area contributed by atoms with E-state index >= 15 is 0 Å². The number of anilines is 1. The molecule has 3 atom stereocenters. The summed E-state index contributed by atoms with van der Waals surface area (Å²) >= 11 is 0. The average molecular weight is 265 g/mol. The molecule has 19 heavy (non-hydrogen) atoms. The number of nitrogens with zero attached hydrogens (tertiary/aromatic N) is 1. The van der Waals surface area contributed by atoms with Gasteiger partial charge in [0.1, 0.15) is 5.82 Å². The van der Waals surface area contributed by atoms with Crippen molar-refractivity contribution < 1.29 is 9.50 Å². The molecule has 0 spiro atoms. The normalized spacial score (nSPS) is 25.5. The Labute approximate surface area is 115 Å². The summed E-state index contributed by atoms with van der Waals surface area (Å²) < 4.78 is 13.7. The maximum absolute atomic E-state index is 13.7. The van der Waals surface area contributed by atoms with E-state index in [1.165, 1.54) is 6.07 Å². The Balaban J connectivity index is 2.35. The molecule has 1 saturated heterocycles. The fourth-order valence-corrected chi connectivity index (χ4v) is 2.77. The van der Waals surface area contributed by atoms with E-state index in [-0.39, 0.29) is 5.82 Å². The lowest BCUT2D eigenvalue weighted by Gasteiger charge is -2.38. The van der Waals surface area contributed by atoms with Crippen molar-refractivity contribution in [1.82, 2.24) is 0 Å². The Bertz CT molecular complexity index is 458. The van der Waals surface area contributed by atoms with Crippen LogP contribution in [0.3, 0.4) is 0 Å². The molecule has 1 fully saturated rings. The van der Waals surface area contributed by atoms with E-state index < -0.39 is 6.10 Å². The molecular weight excluding hydrogens is 241 g/mol. The summed E-state index contributed by atoms with van der Waals surface area (Å²) in [5.74, 6) is 1.12. The van der Waals surface area contributed by atoms with Gasteiger partial charge < -0.3 is 10.0 Å². The highest BCUT2D eigenvalue weighted by atomic mass is 19.1. The Morgan fingerprint density at radius 3 is 2.58 bits per heavy atom. The Kier molecular flexibility index (Phi) is 4.14. The molecule has 0 aromatic heterocycles. The molecule has 2 unspecified atom stereocenters. The molecule has 2 rings (SSSR count). The summed E-state index contributed by atoms with van der Waals surface area (Å²) in [6, 6.07) is 3.36. The minimum Gasteiger partial charge on any atom is -0.389 e. The van der Waals surface area contributed by atoms with E-state index in [4.69, 9.17) is 0 Å². The first-order chi connectivity index (χ1) is 8.90. The molecule has 2 nitrogen and oxygen atoms in total. The van der Waals surface area contributed by atoms with E-state index in [1.807, 2.05) is 6.07 Å². The summed E-state index contributed by atoms with van der Waals surface area (Å²) in [5.41, 5.74) is 2.34. The lowest BCUT2D eigenvalue weighted by molar-refractivity contribution is 0.198. The van der Waals surface area contributed by atoms with Gasteiger partial charge in [0.2, 0.25) is 0 Å². The number of aliphatic hydroxyl groups excluding tert-OH is 1. The van der Waals surface area contributed by atoms with Crippen molar-refractivity contribution in [1.29, 1.82) is 0 Å². The van der Waals surface area contributed by atoms with Crippen LogP contribution in [0.25, 0.3) is 0 Å². The van der Waals surface area contributed by atoms with Crippen molar-refractivity contribution in [3.63, 3.8) is 0 Å². The summed E-state index contributed by atoms with van der Waals surface area (Å²) in [4.78, 5) is 2.29. The van der Waals surface area contributed by atoms with E-state index in [1.54, 1.807) is 13.8 Å². The highest BCUT2D eigenvalue weighted by Crippen LogP contribution is 2.33. The quantitative estimate of drug-likeness (QED) is 0.882. The molecule has 3 heteroatoms. The van der Waals surface area contributed by atoms with Gasteiger partial charge in [-0.2, -0.15) is 0 Å². The third-order valence-electron chi connectivity index (χ3n) is 4.43. The SMILES string of the molecule is Cc1cc(N2CCC(C)C(C)C2)c([C@H](C)O)cc1F. The minimum atomic E-state index is -0.639. The summed E-state index contributed by atoms with van der Waals surface area (Å²) in [6.07, 6.45) is 0.511. The fraction of sp³-hybridized carbons (Fsp3) is 0.625. The first-order valence-corrected chi connectivity index (χ1v) is 7.13. The first-order valence-electron chi connectivity index (χ1n) is 7.13. The zero-order chi connectivity index (χ0) is 14.2. The van der Waals surface area contributed by atoms with Crippen molar-refractivity contribution in [2.75, 3.05) is 18.0 Å². The average Bonchev–Trinajstić information content (AvgIpc) is 2.35. The summed E-state index contributed by atoms with van der Waals surface area (Å²) in [5, 5.41) is 9.88. The number of benzene rings is 1. The molecule has 0 bridgehead atoms. The zero-order valence-electron chi connectivity index (χ0n) is 12.3. The molecule has 0 radical (unpaired) electrons. The van der Waals surface area contributed by atoms with Gasteiger partial charge in [-0.1, -0.05) is 13.8 Å². The minimum absolute atomic E-state index is 0.238. The molecule has 0 aliphatic carbocycles. The molecule has 1 N–H and O–H groups in total. The van der Waals surface area contributed by atoms with Crippen molar-refractivity contribution >= 4 is 5.69 Å². The van der Waals surface area contributed by atoms with Gasteiger partial charge in [-0.05, 0) is 49.8 Å². The number of aliphatic hydroxyl groups is 1. The van der Waals surface area contributed by atoms with Gasteiger partial charge in [-0.25, -0.2) is 4.39 Å². The van der Waals surface area contributed by atoms with Crippen LogP contribution in [-0.2, 0) is 0 Å². The van der Waals surface area contributed by atoms with Crippen molar-refractivity contribution in [2.45, 2.75) is 40.2 Å². The van der Waals surface area contributed by atoms with Crippen LogP contribution < -0.4 is 4.90 Å². The highest BCUT2D eigenvalue weighted by Gasteiger charge is 2.25. The van der Waals surface area contributed by atoms with Gasteiger partial charge in [0.15, 0.2) is 0 Å². The third kappa shape index (κ3) is 2.92. The van der Waals surface area contributed by atoms with Gasteiger partial charge in [-0.15, -0.1) is 0 Å². The number of hydrogen-bond acceptors (Lipinski definition) is 2. The van der Waals surface area contributed by atoms with E-state index in [9.17, 15) is 9.50 Å². The van der Waals surface area contributed by atoms with Crippen LogP contribution >= 0.6 is 0 Å². The monoisotopic (exact) mass is 265 g/mol. The predicted octanol–water partition coefficient (Wildman–Crippen LogP) is 3.67. The molecule has 1 aliphatic heterocycles. The van der Waals surface area contributed by atoms with Crippen LogP contribution in [0.4, 0.5) is 10.1 Å². The van der Waals surface area contributed by atoms with Crippen molar-refractivity contribution in [3.05, 3.63) is 29.1 Å². The second kappa shape index (κ2) is 5.49. The molecule has 1 heterocycles. The molecule has 0 amide bonds. The summed E-state index contributed by atoms with van der Waals surface area (Å²) in [6.45, 7) is 9.98. The van der Waals surface area contributed by atoms with Crippen molar-refractivity contribution in [3.8, 4) is 0 Å². The first kappa shape index (κ1) is 14.3. The second-order valence-corrected chi connectivity index (χ2v) is 6.03. The topological polar surface area (TPSA) is 23.5 Å². The maximum atomic E-state index is 13.7. The smallest absolute Gasteiger partial charge is 0.126 e. The number of rotatable bonds is 2. The number of hydrogen-bond donors (Lipinski definition) is 1. The molecule has 1 aromatic rings. The molecular formula is C16H24FNO. The number of piperidine rings is 1. The summed E-state index contributed by atoms with van der Waals surface area (Å²) in [7, 11) is 0. The lowest BCUT2D eigenvalue weighted by atomic mass is 9.88. The Hall–Kier alpha value is -1.09. The Morgan fingerprint density at radius 2 is 2.00 bits per heavy atom. The van der Waals surface area contributed by atoms with Gasteiger partial charge >= 0.3 is 0 Å². The van der Waals surface area contributed by atoms with Gasteiger partial charge in [0.25, 0.3) is 0 Å². The number of aryl methyl sites for hydroxylation is 1. The van der Waals surface area contributed by atoms with Gasteiger partial charge in [0, 0.05) is 24.3 Å². The zero-order valence-corrected chi connectivity index (χ0v) is 12.3. The van der Waals surface area contributed by atoms with Crippen LogP contribution in [-0.4, -0.2) is 18.2 Å². The molecule has 0 saturated carbocycles. The highest BCUT2D eigenvalue weighted by molar-refractivity contribution is 5.57. The largest absolute Gasteiger partial charge is 0.389 e. The lowest BCUT2D eigenvalue weighted by Crippen LogP contribution is -2.39. The van der Waals surface area contributed by atoms with Crippen LogP contribution in [0, 0.1) is 24.6 Å². The molecule has 106 valence electrons. The van der Waals surface area contributed by atoms with Crippen LogP contribution in [0.15, 0.2) is 12.1 Å². The number of halogens is 1. The maximum Gasteiger partial charge on any atom is 0.126 e. The molecule has 1 aromatic carbocycles. The third-order valence-corrected chi connectivity index (χ3v) is 4.43. The van der Waals surface area contributed by atoms with Crippen LogP contribution in [0.5, 0.6) is 0 Å². The Morgan fingerprint density at radius 1 is 1.32 bits per heavy atom. The van der Waals surface area contributed by atoms with Gasteiger partial charge in [0.05, 0.1) is 6.10 Å². The van der Waals surface area contributed by atoms with Crippen LogP contribution in [0.1, 0.15) is 44.4 Å². The fourth-order valence-electron chi connectivity index (χ4n) is 2.77. The van der Waals surface area contributed by atoms with Crippen LogP contribution in [0.2, 0.25) is 0 Å². The predicted molar refractivity (Wildman–Crippen MR) is 76.9 cm³/mol.